The molecule has 0 bridgehead atoms. The first-order valence-corrected chi connectivity index (χ1v) is 5.89. The Bertz CT molecular complexity index is 375. The molecule has 0 spiro atoms. The molecule has 2 heterocycles. The van der Waals surface area contributed by atoms with Crippen molar-refractivity contribution in [1.29, 1.82) is 0 Å². The van der Waals surface area contributed by atoms with E-state index in [0.29, 0.717) is 5.82 Å². The predicted molar refractivity (Wildman–Crippen MR) is 69.1 cm³/mol. The minimum absolute atomic E-state index is 0.582. The van der Waals surface area contributed by atoms with Gasteiger partial charge in [0.15, 0.2) is 0 Å². The van der Waals surface area contributed by atoms with Crippen molar-refractivity contribution in [2.24, 2.45) is 0 Å². The van der Waals surface area contributed by atoms with E-state index in [4.69, 9.17) is 10.5 Å². The number of anilines is 2. The average Bonchev–Trinajstić information content (AvgIpc) is 2.29. The van der Waals surface area contributed by atoms with E-state index in [1.54, 1.807) is 0 Å². The van der Waals surface area contributed by atoms with Gasteiger partial charge in [0.2, 0.25) is 0 Å². The third-order valence-electron chi connectivity index (χ3n) is 2.79. The van der Waals surface area contributed by atoms with E-state index in [9.17, 15) is 0 Å². The summed E-state index contributed by atoms with van der Waals surface area (Å²) in [4.78, 5) is 8.86. The van der Waals surface area contributed by atoms with Crippen LogP contribution in [-0.4, -0.2) is 50.3 Å². The first-order valence-electron chi connectivity index (χ1n) is 5.89. The molecule has 0 saturated carbocycles. The zero-order valence-electron chi connectivity index (χ0n) is 10.5. The number of nitrogens with zero attached hydrogens (tertiary/aromatic N) is 3. The Morgan fingerprint density at radius 3 is 2.71 bits per heavy atom. The largest absolute Gasteiger partial charge is 0.384 e. The lowest BCUT2D eigenvalue weighted by molar-refractivity contribution is 0.122. The van der Waals surface area contributed by atoms with Crippen molar-refractivity contribution in [3.05, 3.63) is 17.8 Å². The van der Waals surface area contributed by atoms with Gasteiger partial charge < -0.3 is 20.3 Å². The molecule has 0 aliphatic carbocycles. The summed E-state index contributed by atoms with van der Waals surface area (Å²) in [5, 5.41) is 0. The predicted octanol–water partition coefficient (Wildman–Crippen LogP) is 0.562. The highest BCUT2D eigenvalue weighted by Gasteiger charge is 2.16. The van der Waals surface area contributed by atoms with E-state index in [0.717, 1.165) is 38.5 Å². The minimum atomic E-state index is 0.582. The summed E-state index contributed by atoms with van der Waals surface area (Å²) >= 11 is 0. The molecule has 0 radical (unpaired) electrons. The summed E-state index contributed by atoms with van der Waals surface area (Å²) in [6.45, 7) is 4.22. The number of morpholine rings is 1. The molecule has 0 atom stereocenters. The molecule has 1 fully saturated rings. The first kappa shape index (κ1) is 12.1. The fraction of sp³-hybridized carbons (Fsp3) is 0.583. The molecule has 2 N–H and O–H groups in total. The van der Waals surface area contributed by atoms with Crippen LogP contribution in [0.4, 0.5) is 11.5 Å². The lowest BCUT2D eigenvalue weighted by Gasteiger charge is -2.30. The molecule has 1 aliphatic rings. The van der Waals surface area contributed by atoms with Gasteiger partial charge in [-0.2, -0.15) is 0 Å². The molecule has 1 aromatic rings. The van der Waals surface area contributed by atoms with Gasteiger partial charge in [-0.1, -0.05) is 0 Å². The Morgan fingerprint density at radius 2 is 2.06 bits per heavy atom. The lowest BCUT2D eigenvalue weighted by atomic mass is 10.2. The second-order valence-corrected chi connectivity index (χ2v) is 4.54. The van der Waals surface area contributed by atoms with Gasteiger partial charge in [-0.3, -0.25) is 0 Å². The van der Waals surface area contributed by atoms with Crippen molar-refractivity contribution in [2.75, 3.05) is 51.0 Å². The van der Waals surface area contributed by atoms with E-state index in [2.05, 4.69) is 20.9 Å². The fourth-order valence-electron chi connectivity index (χ4n) is 2.02. The lowest BCUT2D eigenvalue weighted by Crippen LogP contribution is -2.37. The maximum Gasteiger partial charge on any atom is 0.123 e. The number of nitrogens with two attached hydrogens (primary N) is 1. The Labute approximate surface area is 102 Å². The standard InChI is InChI=1S/C12H20N4O/c1-15(2)9-10-11(3-4-12(13)14-10)16-5-7-17-8-6-16/h3-4H,5-9H2,1-2H3,(H2,13,14). The smallest absolute Gasteiger partial charge is 0.123 e. The van der Waals surface area contributed by atoms with Gasteiger partial charge in [0.1, 0.15) is 5.82 Å². The van der Waals surface area contributed by atoms with E-state index in [1.807, 2.05) is 20.2 Å². The van der Waals surface area contributed by atoms with Crippen LogP contribution in [0.25, 0.3) is 0 Å². The van der Waals surface area contributed by atoms with E-state index in [-0.39, 0.29) is 0 Å². The van der Waals surface area contributed by atoms with Crippen LogP contribution in [-0.2, 0) is 11.3 Å². The third kappa shape index (κ3) is 3.08. The molecule has 1 aliphatic heterocycles. The Kier molecular flexibility index (Phi) is 3.81. The van der Waals surface area contributed by atoms with Crippen LogP contribution < -0.4 is 10.6 Å². The maximum atomic E-state index is 5.76. The van der Waals surface area contributed by atoms with Crippen LogP contribution >= 0.6 is 0 Å². The third-order valence-corrected chi connectivity index (χ3v) is 2.79. The topological polar surface area (TPSA) is 54.6 Å². The van der Waals surface area contributed by atoms with Crippen LogP contribution in [0.15, 0.2) is 12.1 Å². The number of hydrogen-bond acceptors (Lipinski definition) is 5. The Hall–Kier alpha value is -1.33. The summed E-state index contributed by atoms with van der Waals surface area (Å²) < 4.78 is 5.37. The van der Waals surface area contributed by atoms with Gasteiger partial charge >= 0.3 is 0 Å². The number of pyridine rings is 1. The minimum Gasteiger partial charge on any atom is -0.384 e. The molecule has 5 heteroatoms. The molecule has 5 nitrogen and oxygen atoms in total. The number of rotatable bonds is 3. The van der Waals surface area contributed by atoms with Crippen molar-refractivity contribution in [3.63, 3.8) is 0 Å². The highest BCUT2D eigenvalue weighted by molar-refractivity contribution is 5.54. The quantitative estimate of drug-likeness (QED) is 0.831. The van der Waals surface area contributed by atoms with Crippen LogP contribution in [0.3, 0.4) is 0 Å². The molecular weight excluding hydrogens is 216 g/mol. The molecule has 0 unspecified atom stereocenters. The monoisotopic (exact) mass is 236 g/mol. The molecular formula is C12H20N4O. The second kappa shape index (κ2) is 5.33. The average molecular weight is 236 g/mol. The summed E-state index contributed by atoms with van der Waals surface area (Å²) in [7, 11) is 4.07. The first-order chi connectivity index (χ1) is 8.16. The van der Waals surface area contributed by atoms with Crippen molar-refractivity contribution < 1.29 is 4.74 Å². The summed E-state index contributed by atoms with van der Waals surface area (Å²) in [5.41, 5.74) is 7.98. The molecule has 17 heavy (non-hydrogen) atoms. The van der Waals surface area contributed by atoms with Gasteiger partial charge in [0.25, 0.3) is 0 Å². The number of nitrogen functional groups attached to an aromatic ring is 1. The van der Waals surface area contributed by atoms with Gasteiger partial charge in [-0.15, -0.1) is 0 Å². The molecule has 0 amide bonds. The molecule has 2 rings (SSSR count). The summed E-state index contributed by atoms with van der Waals surface area (Å²) in [5.74, 6) is 0.582. The number of aromatic nitrogens is 1. The second-order valence-electron chi connectivity index (χ2n) is 4.54. The van der Waals surface area contributed by atoms with Gasteiger partial charge in [0, 0.05) is 19.6 Å². The number of ether oxygens (including phenoxy) is 1. The van der Waals surface area contributed by atoms with Crippen LogP contribution in [0.1, 0.15) is 5.69 Å². The van der Waals surface area contributed by atoms with Crippen LogP contribution in [0.2, 0.25) is 0 Å². The zero-order valence-corrected chi connectivity index (χ0v) is 10.5. The highest BCUT2D eigenvalue weighted by Crippen LogP contribution is 2.22. The molecule has 94 valence electrons. The molecule has 0 aromatic carbocycles. The Morgan fingerprint density at radius 1 is 1.35 bits per heavy atom. The van der Waals surface area contributed by atoms with Crippen LogP contribution in [0, 0.1) is 0 Å². The SMILES string of the molecule is CN(C)Cc1nc(N)ccc1N1CCOCC1. The van der Waals surface area contributed by atoms with Crippen molar-refractivity contribution in [1.82, 2.24) is 9.88 Å². The molecule has 1 aromatic heterocycles. The fourth-order valence-corrected chi connectivity index (χ4v) is 2.02. The Balaban J connectivity index is 2.24. The highest BCUT2D eigenvalue weighted by atomic mass is 16.5. The summed E-state index contributed by atoms with van der Waals surface area (Å²) in [6, 6.07) is 3.93. The zero-order chi connectivity index (χ0) is 12.3. The normalized spacial score (nSPS) is 16.5. The summed E-state index contributed by atoms with van der Waals surface area (Å²) in [6.07, 6.45) is 0. The van der Waals surface area contributed by atoms with Gasteiger partial charge in [0.05, 0.1) is 24.6 Å². The van der Waals surface area contributed by atoms with Crippen molar-refractivity contribution >= 4 is 11.5 Å². The van der Waals surface area contributed by atoms with E-state index < -0.39 is 0 Å². The van der Waals surface area contributed by atoms with Gasteiger partial charge in [-0.25, -0.2) is 4.98 Å². The number of hydrogen-bond donors (Lipinski definition) is 1. The van der Waals surface area contributed by atoms with Gasteiger partial charge in [-0.05, 0) is 26.2 Å². The van der Waals surface area contributed by atoms with E-state index in [1.165, 1.54) is 5.69 Å². The molecule has 1 saturated heterocycles. The van der Waals surface area contributed by atoms with Crippen molar-refractivity contribution in [2.45, 2.75) is 6.54 Å². The maximum absolute atomic E-state index is 5.76. The van der Waals surface area contributed by atoms with Crippen molar-refractivity contribution in [3.8, 4) is 0 Å². The van der Waals surface area contributed by atoms with E-state index >= 15 is 0 Å². The van der Waals surface area contributed by atoms with Crippen LogP contribution in [0.5, 0.6) is 0 Å².